The summed E-state index contributed by atoms with van der Waals surface area (Å²) >= 11 is 0. The van der Waals surface area contributed by atoms with Crippen LogP contribution in [0.2, 0.25) is 0 Å². The first-order valence-corrected chi connectivity index (χ1v) is 12.5. The first-order valence-electron chi connectivity index (χ1n) is 12.5. The molecule has 39 heavy (non-hydrogen) atoms. The van der Waals surface area contributed by atoms with Gasteiger partial charge in [0.2, 0.25) is 5.91 Å². The van der Waals surface area contributed by atoms with Gasteiger partial charge in [-0.2, -0.15) is 0 Å². The number of hydrogen-bond donors (Lipinski definition) is 3. The lowest BCUT2D eigenvalue weighted by molar-refractivity contribution is -0.133. The molecule has 0 bridgehead atoms. The normalized spacial score (nSPS) is 18.4. The molecule has 3 N–H and O–H groups in total. The molecule has 200 valence electrons. The van der Waals surface area contributed by atoms with Gasteiger partial charge in [-0.3, -0.25) is 20.2 Å². The number of amides is 4. The van der Waals surface area contributed by atoms with Crippen LogP contribution in [-0.4, -0.2) is 55.1 Å². The second-order valence-corrected chi connectivity index (χ2v) is 9.47. The highest BCUT2D eigenvalue weighted by molar-refractivity contribution is 5.98. The standard InChI is InChI=1S/C29H28N4O6/c1-38-27(36)30-21-13-11-20(12-14-21)25(34)31-24(17-19-7-3-2-4-8-19)26(35)33-16-15-29(18-33)22-9-5-6-10-23(22)32-28(37)39-29/h2-14,24H,15-18H2,1H3,(H,30,36)(H,31,34)(H,32,37)/t24?,29-/m0/s1. The highest BCUT2D eigenvalue weighted by atomic mass is 16.6. The van der Waals surface area contributed by atoms with Gasteiger partial charge in [-0.05, 0) is 35.9 Å². The lowest BCUT2D eigenvalue weighted by Gasteiger charge is -2.35. The van der Waals surface area contributed by atoms with Crippen molar-refractivity contribution in [3.63, 3.8) is 0 Å². The van der Waals surface area contributed by atoms with Gasteiger partial charge in [0.1, 0.15) is 6.04 Å². The number of nitrogens with zero attached hydrogens (tertiary/aromatic N) is 1. The van der Waals surface area contributed by atoms with E-state index in [1.54, 1.807) is 29.2 Å². The maximum Gasteiger partial charge on any atom is 0.412 e. The van der Waals surface area contributed by atoms with Crippen molar-refractivity contribution in [1.29, 1.82) is 0 Å². The van der Waals surface area contributed by atoms with Crippen molar-refractivity contribution < 1.29 is 28.7 Å². The summed E-state index contributed by atoms with van der Waals surface area (Å²) in [5, 5.41) is 8.14. The van der Waals surface area contributed by atoms with E-state index in [-0.39, 0.29) is 18.9 Å². The number of nitrogens with one attached hydrogen (secondary N) is 3. The highest BCUT2D eigenvalue weighted by Gasteiger charge is 2.49. The van der Waals surface area contributed by atoms with Crippen molar-refractivity contribution in [3.05, 3.63) is 95.6 Å². The number of para-hydroxylation sites is 1. The van der Waals surface area contributed by atoms with Gasteiger partial charge in [-0.25, -0.2) is 9.59 Å². The maximum absolute atomic E-state index is 13.8. The van der Waals surface area contributed by atoms with Gasteiger partial charge in [-0.1, -0.05) is 48.5 Å². The molecular formula is C29H28N4O6. The summed E-state index contributed by atoms with van der Waals surface area (Å²) in [4.78, 5) is 52.4. The van der Waals surface area contributed by atoms with E-state index in [0.717, 1.165) is 11.1 Å². The zero-order valence-electron chi connectivity index (χ0n) is 21.3. The van der Waals surface area contributed by atoms with Gasteiger partial charge in [0.25, 0.3) is 5.91 Å². The first-order chi connectivity index (χ1) is 18.9. The molecule has 0 saturated carbocycles. The Hall–Kier alpha value is -4.86. The number of hydrogen-bond acceptors (Lipinski definition) is 6. The van der Waals surface area contributed by atoms with Crippen LogP contribution >= 0.6 is 0 Å². The molecule has 0 aromatic heterocycles. The van der Waals surface area contributed by atoms with Crippen LogP contribution in [0, 0.1) is 0 Å². The predicted molar refractivity (Wildman–Crippen MR) is 143 cm³/mol. The van der Waals surface area contributed by atoms with Gasteiger partial charge in [0.15, 0.2) is 5.60 Å². The molecule has 4 amide bonds. The van der Waals surface area contributed by atoms with Gasteiger partial charge in [-0.15, -0.1) is 0 Å². The number of rotatable bonds is 6. The van der Waals surface area contributed by atoms with E-state index in [9.17, 15) is 19.2 Å². The molecule has 1 unspecified atom stereocenters. The van der Waals surface area contributed by atoms with Crippen molar-refractivity contribution >= 4 is 35.4 Å². The van der Waals surface area contributed by atoms with Crippen LogP contribution in [0.5, 0.6) is 0 Å². The maximum atomic E-state index is 13.8. The molecule has 3 aromatic carbocycles. The van der Waals surface area contributed by atoms with Crippen molar-refractivity contribution in [2.75, 3.05) is 30.8 Å². The fraction of sp³-hybridized carbons (Fsp3) is 0.241. The van der Waals surface area contributed by atoms with E-state index in [1.165, 1.54) is 7.11 Å². The monoisotopic (exact) mass is 528 g/mol. The van der Waals surface area contributed by atoms with Crippen molar-refractivity contribution in [1.82, 2.24) is 10.2 Å². The predicted octanol–water partition coefficient (Wildman–Crippen LogP) is 3.90. The van der Waals surface area contributed by atoms with Crippen LogP contribution in [0.25, 0.3) is 0 Å². The van der Waals surface area contributed by atoms with Gasteiger partial charge >= 0.3 is 12.2 Å². The largest absolute Gasteiger partial charge is 0.453 e. The Morgan fingerprint density at radius 3 is 2.49 bits per heavy atom. The van der Waals surface area contributed by atoms with Crippen molar-refractivity contribution in [3.8, 4) is 0 Å². The summed E-state index contributed by atoms with van der Waals surface area (Å²) in [7, 11) is 1.26. The third-order valence-corrected chi connectivity index (χ3v) is 6.95. The molecule has 10 heteroatoms. The summed E-state index contributed by atoms with van der Waals surface area (Å²) in [5.74, 6) is -0.693. The van der Waals surface area contributed by atoms with E-state index in [2.05, 4.69) is 20.7 Å². The number of anilines is 2. The van der Waals surface area contributed by atoms with Crippen LogP contribution in [0.1, 0.15) is 27.9 Å². The quantitative estimate of drug-likeness (QED) is 0.446. The third-order valence-electron chi connectivity index (χ3n) is 6.95. The Morgan fingerprint density at radius 1 is 1.03 bits per heavy atom. The molecule has 0 radical (unpaired) electrons. The van der Waals surface area contributed by atoms with E-state index in [0.29, 0.717) is 29.9 Å². The Kier molecular flexibility index (Phi) is 7.18. The van der Waals surface area contributed by atoms with Gasteiger partial charge < -0.3 is 19.7 Å². The average Bonchev–Trinajstić information content (AvgIpc) is 3.37. The molecular weight excluding hydrogens is 500 g/mol. The summed E-state index contributed by atoms with van der Waals surface area (Å²) in [6.45, 7) is 0.556. The minimum Gasteiger partial charge on any atom is -0.453 e. The number of likely N-dealkylation sites (tertiary alicyclic amines) is 1. The fourth-order valence-corrected chi connectivity index (χ4v) is 5.02. The van der Waals surface area contributed by atoms with E-state index >= 15 is 0 Å². The highest BCUT2D eigenvalue weighted by Crippen LogP contribution is 2.42. The molecule has 5 rings (SSSR count). The molecule has 2 aliphatic heterocycles. The Labute approximate surface area is 225 Å². The van der Waals surface area contributed by atoms with Crippen LogP contribution in [0.3, 0.4) is 0 Å². The molecule has 1 fully saturated rings. The van der Waals surface area contributed by atoms with Crippen molar-refractivity contribution in [2.45, 2.75) is 24.5 Å². The first kappa shape index (κ1) is 25.8. The minimum atomic E-state index is -0.946. The van der Waals surface area contributed by atoms with Crippen LogP contribution < -0.4 is 16.0 Å². The SMILES string of the molecule is COC(=O)Nc1ccc(C(=O)NC(Cc2ccccc2)C(=O)N2CC[C@@]3(C2)OC(=O)Nc2ccccc23)cc1. The zero-order chi connectivity index (χ0) is 27.4. The number of benzene rings is 3. The molecule has 1 spiro atoms. The zero-order valence-corrected chi connectivity index (χ0v) is 21.3. The fourth-order valence-electron chi connectivity index (χ4n) is 5.02. The third kappa shape index (κ3) is 5.54. The number of carbonyl (C=O) groups excluding carboxylic acids is 4. The van der Waals surface area contributed by atoms with Crippen molar-refractivity contribution in [2.24, 2.45) is 0 Å². The summed E-state index contributed by atoms with van der Waals surface area (Å²) in [5.41, 5.74) is 2.23. The summed E-state index contributed by atoms with van der Waals surface area (Å²) < 4.78 is 10.3. The molecule has 2 aliphatic rings. The molecule has 0 aliphatic carbocycles. The van der Waals surface area contributed by atoms with Crippen LogP contribution in [-0.2, 0) is 26.3 Å². The Balaban J connectivity index is 1.35. The molecule has 10 nitrogen and oxygen atoms in total. The van der Waals surface area contributed by atoms with Gasteiger partial charge in [0.05, 0.1) is 19.3 Å². The molecule has 2 atom stereocenters. The lowest BCUT2D eigenvalue weighted by atomic mass is 9.90. The summed E-state index contributed by atoms with van der Waals surface area (Å²) in [6.07, 6.45) is -0.438. The smallest absolute Gasteiger partial charge is 0.412 e. The molecule has 1 saturated heterocycles. The number of ether oxygens (including phenoxy) is 2. The number of carbonyl (C=O) groups is 4. The average molecular weight is 529 g/mol. The van der Waals surface area contributed by atoms with E-state index in [1.807, 2.05) is 54.6 Å². The van der Waals surface area contributed by atoms with Crippen LogP contribution in [0.4, 0.5) is 21.0 Å². The minimum absolute atomic E-state index is 0.186. The number of methoxy groups -OCH3 is 1. The lowest BCUT2D eigenvalue weighted by Crippen LogP contribution is -2.50. The second-order valence-electron chi connectivity index (χ2n) is 9.47. The number of fused-ring (bicyclic) bond motifs is 2. The molecule has 3 aromatic rings. The Bertz CT molecular complexity index is 1390. The van der Waals surface area contributed by atoms with Crippen LogP contribution in [0.15, 0.2) is 78.9 Å². The summed E-state index contributed by atoms with van der Waals surface area (Å²) in [6, 6.07) is 22.3. The molecule has 2 heterocycles. The topological polar surface area (TPSA) is 126 Å². The van der Waals surface area contributed by atoms with E-state index in [4.69, 9.17) is 4.74 Å². The van der Waals surface area contributed by atoms with E-state index < -0.39 is 29.7 Å². The second kappa shape index (κ2) is 10.9. The Morgan fingerprint density at radius 2 is 1.74 bits per heavy atom. The van der Waals surface area contributed by atoms with Gasteiger partial charge in [0, 0.05) is 36.2 Å².